The Morgan fingerprint density at radius 2 is 2.00 bits per heavy atom. The van der Waals surface area contributed by atoms with Gasteiger partial charge in [0.05, 0.1) is 31.5 Å². The van der Waals surface area contributed by atoms with Gasteiger partial charge in [0.25, 0.3) is 5.56 Å². The van der Waals surface area contributed by atoms with Gasteiger partial charge in [0, 0.05) is 12.6 Å². The minimum atomic E-state index is -0.871. The lowest BCUT2D eigenvalue weighted by Crippen LogP contribution is -2.34. The molecule has 1 aromatic heterocycles. The normalized spacial score (nSPS) is 22.7. The molecule has 2 aromatic rings. The van der Waals surface area contributed by atoms with E-state index in [1.54, 1.807) is 0 Å². The van der Waals surface area contributed by atoms with E-state index in [2.05, 4.69) is 4.98 Å². The summed E-state index contributed by atoms with van der Waals surface area (Å²) in [6, 6.07) is 7.78. The predicted octanol–water partition coefficient (Wildman–Crippen LogP) is 0.203. The summed E-state index contributed by atoms with van der Waals surface area (Å²) >= 11 is 0. The van der Waals surface area contributed by atoms with Gasteiger partial charge in [0.2, 0.25) is 0 Å². The summed E-state index contributed by atoms with van der Waals surface area (Å²) in [6.07, 6.45) is -0.831. The molecule has 0 amide bonds. The van der Waals surface area contributed by atoms with Gasteiger partial charge in [-0.05, 0) is 18.1 Å². The predicted molar refractivity (Wildman–Crippen MR) is 92.6 cm³/mol. The highest BCUT2D eigenvalue weighted by Crippen LogP contribution is 2.27. The van der Waals surface area contributed by atoms with Crippen LogP contribution < -0.4 is 11.2 Å². The van der Waals surface area contributed by atoms with Crippen molar-refractivity contribution in [2.45, 2.75) is 45.0 Å². The Hall–Kier alpha value is -2.26. The third kappa shape index (κ3) is 3.94. The molecule has 2 heterocycles. The molecule has 3 atom stereocenters. The number of aryl methyl sites for hydroxylation is 1. The van der Waals surface area contributed by atoms with Crippen LogP contribution in [0.5, 0.6) is 0 Å². The summed E-state index contributed by atoms with van der Waals surface area (Å²) in [6.45, 7) is 2.01. The van der Waals surface area contributed by atoms with Crippen LogP contribution >= 0.6 is 0 Å². The Balaban J connectivity index is 1.73. The third-order valence-electron chi connectivity index (χ3n) is 4.51. The summed E-state index contributed by atoms with van der Waals surface area (Å²) in [7, 11) is 0. The first-order valence-electron chi connectivity index (χ1n) is 8.40. The van der Waals surface area contributed by atoms with Gasteiger partial charge in [-0.2, -0.15) is 0 Å². The molecule has 1 fully saturated rings. The molecule has 3 N–H and O–H groups in total. The van der Waals surface area contributed by atoms with Gasteiger partial charge in [-0.1, -0.05) is 24.3 Å². The molecule has 1 aromatic carbocycles. The zero-order chi connectivity index (χ0) is 18.7. The van der Waals surface area contributed by atoms with Gasteiger partial charge in [0.1, 0.15) is 12.3 Å². The number of hydrogen-bond acceptors (Lipinski definition) is 6. The Kier molecular flexibility index (Phi) is 5.67. The number of benzene rings is 1. The first-order valence-corrected chi connectivity index (χ1v) is 8.40. The number of nitrogens with zero attached hydrogens (tertiary/aromatic N) is 1. The first kappa shape index (κ1) is 18.5. The van der Waals surface area contributed by atoms with E-state index in [0.717, 1.165) is 11.1 Å². The molecule has 0 bridgehead atoms. The minimum Gasteiger partial charge on any atom is -0.394 e. The van der Waals surface area contributed by atoms with E-state index in [1.807, 2.05) is 31.2 Å². The van der Waals surface area contributed by atoms with Gasteiger partial charge < -0.3 is 19.7 Å². The lowest BCUT2D eigenvalue weighted by Gasteiger charge is -2.15. The minimum absolute atomic E-state index is 0.0304. The van der Waals surface area contributed by atoms with Crippen molar-refractivity contribution in [2.24, 2.45) is 0 Å². The molecule has 0 saturated carbocycles. The zero-order valence-electron chi connectivity index (χ0n) is 14.4. The van der Waals surface area contributed by atoms with Crippen molar-refractivity contribution in [1.29, 1.82) is 0 Å². The second-order valence-electron chi connectivity index (χ2n) is 6.35. The average molecular weight is 362 g/mol. The van der Waals surface area contributed by atoms with Crippen LogP contribution in [0, 0.1) is 6.92 Å². The summed E-state index contributed by atoms with van der Waals surface area (Å²) in [5.74, 6) is 0. The Morgan fingerprint density at radius 1 is 1.27 bits per heavy atom. The quantitative estimate of drug-likeness (QED) is 0.677. The fraction of sp³-hybridized carbons (Fsp3) is 0.444. The molecule has 8 nitrogen and oxygen atoms in total. The van der Waals surface area contributed by atoms with E-state index in [9.17, 15) is 14.7 Å². The number of nitrogens with one attached hydrogen (secondary N) is 1. The van der Waals surface area contributed by atoms with Crippen LogP contribution in [0.4, 0.5) is 0 Å². The second kappa shape index (κ2) is 7.96. The van der Waals surface area contributed by atoms with Crippen molar-refractivity contribution in [1.82, 2.24) is 9.55 Å². The smallest absolute Gasteiger partial charge is 0.330 e. The van der Waals surface area contributed by atoms with Crippen LogP contribution in [0.2, 0.25) is 0 Å². The van der Waals surface area contributed by atoms with E-state index in [-0.39, 0.29) is 25.2 Å². The molecule has 26 heavy (non-hydrogen) atoms. The Bertz CT molecular complexity index is 874. The molecular formula is C18H22N2O6. The molecule has 0 spiro atoms. The average Bonchev–Trinajstić information content (AvgIpc) is 2.99. The number of aliphatic hydroxyl groups excluding tert-OH is 2. The number of hydrogen-bond donors (Lipinski definition) is 3. The van der Waals surface area contributed by atoms with Crippen LogP contribution in [0.1, 0.15) is 29.3 Å². The van der Waals surface area contributed by atoms with Crippen LogP contribution in [-0.4, -0.2) is 38.6 Å². The van der Waals surface area contributed by atoms with Gasteiger partial charge in [-0.25, -0.2) is 4.79 Å². The number of aliphatic hydroxyl groups is 2. The maximum Gasteiger partial charge on any atom is 0.330 e. The molecule has 1 aliphatic heterocycles. The molecule has 3 rings (SSSR count). The summed E-state index contributed by atoms with van der Waals surface area (Å²) in [4.78, 5) is 26.3. The van der Waals surface area contributed by atoms with Crippen molar-refractivity contribution in [3.63, 3.8) is 0 Å². The first-order chi connectivity index (χ1) is 12.5. The van der Waals surface area contributed by atoms with Crippen molar-refractivity contribution < 1.29 is 19.7 Å². The van der Waals surface area contributed by atoms with Crippen molar-refractivity contribution in [3.05, 3.63) is 68.0 Å². The maximum atomic E-state index is 12.1. The van der Waals surface area contributed by atoms with E-state index in [1.165, 1.54) is 10.8 Å². The van der Waals surface area contributed by atoms with Crippen LogP contribution in [0.25, 0.3) is 0 Å². The summed E-state index contributed by atoms with van der Waals surface area (Å²) in [5, 5.41) is 19.0. The molecule has 8 heteroatoms. The largest absolute Gasteiger partial charge is 0.394 e. The monoisotopic (exact) mass is 362 g/mol. The highest BCUT2D eigenvalue weighted by Gasteiger charge is 2.35. The highest BCUT2D eigenvalue weighted by molar-refractivity contribution is 5.24. The second-order valence-corrected chi connectivity index (χ2v) is 6.35. The fourth-order valence-corrected chi connectivity index (χ4v) is 2.94. The van der Waals surface area contributed by atoms with E-state index >= 15 is 0 Å². The lowest BCUT2D eigenvalue weighted by atomic mass is 10.1. The Labute approximate surface area is 149 Å². The molecule has 0 aliphatic carbocycles. The number of aromatic amines is 1. The van der Waals surface area contributed by atoms with E-state index in [0.29, 0.717) is 6.61 Å². The standard InChI is InChI=1S/C18H22N2O6/c1-11-4-2-3-5-12(11)9-25-10-13-7-20(18(24)19-17(13)23)16-6-14(22)15(8-21)26-16/h2-5,7,14-16,21-22H,6,8-10H2,1H3,(H,19,23,24)/t14-,15+,16+/m0/s1. The van der Waals surface area contributed by atoms with Crippen LogP contribution in [0.15, 0.2) is 40.1 Å². The maximum absolute atomic E-state index is 12.1. The molecule has 1 aliphatic rings. The van der Waals surface area contributed by atoms with Crippen LogP contribution in [0.3, 0.4) is 0 Å². The van der Waals surface area contributed by atoms with Gasteiger partial charge in [-0.15, -0.1) is 0 Å². The van der Waals surface area contributed by atoms with Gasteiger partial charge in [-0.3, -0.25) is 14.3 Å². The van der Waals surface area contributed by atoms with Crippen molar-refractivity contribution >= 4 is 0 Å². The van der Waals surface area contributed by atoms with E-state index < -0.39 is 29.7 Å². The van der Waals surface area contributed by atoms with E-state index in [4.69, 9.17) is 14.6 Å². The Morgan fingerprint density at radius 3 is 2.69 bits per heavy atom. The van der Waals surface area contributed by atoms with Crippen molar-refractivity contribution in [3.8, 4) is 0 Å². The molecule has 0 radical (unpaired) electrons. The summed E-state index contributed by atoms with van der Waals surface area (Å²) < 4.78 is 12.3. The summed E-state index contributed by atoms with van der Waals surface area (Å²) in [5.41, 5.74) is 1.24. The highest BCUT2D eigenvalue weighted by atomic mass is 16.5. The number of ether oxygens (including phenoxy) is 2. The topological polar surface area (TPSA) is 114 Å². The number of H-pyrrole nitrogens is 1. The molecule has 1 saturated heterocycles. The number of aromatic nitrogens is 2. The van der Waals surface area contributed by atoms with Gasteiger partial charge in [0.15, 0.2) is 0 Å². The number of rotatable bonds is 6. The molecular weight excluding hydrogens is 340 g/mol. The fourth-order valence-electron chi connectivity index (χ4n) is 2.94. The molecule has 0 unspecified atom stereocenters. The third-order valence-corrected chi connectivity index (χ3v) is 4.51. The van der Waals surface area contributed by atoms with Crippen LogP contribution in [-0.2, 0) is 22.7 Å². The van der Waals surface area contributed by atoms with Gasteiger partial charge >= 0.3 is 5.69 Å². The zero-order valence-corrected chi connectivity index (χ0v) is 14.4. The molecule has 140 valence electrons. The van der Waals surface area contributed by atoms with Crippen molar-refractivity contribution in [2.75, 3.05) is 6.61 Å². The lowest BCUT2D eigenvalue weighted by molar-refractivity contribution is -0.0461. The SMILES string of the molecule is Cc1ccccc1COCc1cn([C@H]2C[C@H](O)[C@@H](CO)O2)c(=O)[nH]c1=O.